The van der Waals surface area contributed by atoms with Crippen LogP contribution in [-0.4, -0.2) is 22.3 Å². The molecule has 2 nitrogen and oxygen atoms in total. The van der Waals surface area contributed by atoms with Crippen LogP contribution in [0.15, 0.2) is 42.5 Å². The summed E-state index contributed by atoms with van der Waals surface area (Å²) in [6, 6.07) is 8.56. The van der Waals surface area contributed by atoms with Crippen LogP contribution in [0.4, 0.5) is 22.0 Å². The summed E-state index contributed by atoms with van der Waals surface area (Å²) in [4.78, 5) is 0. The first-order valence-corrected chi connectivity index (χ1v) is 7.91. The smallest absolute Gasteiger partial charge is 0.458 e. The van der Waals surface area contributed by atoms with Gasteiger partial charge in [-0.25, -0.2) is 0 Å². The SMILES string of the molecule is Oc1ccc(C2=C(C(F)(F)C(F)(F)F)c3ccc(O)cc3CCC2)cc1. The number of phenols is 2. The third-order valence-electron chi connectivity index (χ3n) is 4.42. The van der Waals surface area contributed by atoms with Crippen LogP contribution in [0.5, 0.6) is 11.5 Å². The molecule has 0 spiro atoms. The summed E-state index contributed by atoms with van der Waals surface area (Å²) in [5, 5.41) is 19.0. The Hall–Kier alpha value is -2.57. The minimum Gasteiger partial charge on any atom is -0.508 e. The number of hydrogen-bond acceptors (Lipinski definition) is 2. The highest BCUT2D eigenvalue weighted by Gasteiger charge is 2.61. The summed E-state index contributed by atoms with van der Waals surface area (Å²) >= 11 is 0. The van der Waals surface area contributed by atoms with Gasteiger partial charge < -0.3 is 10.2 Å². The first kappa shape index (κ1) is 18.2. The van der Waals surface area contributed by atoms with E-state index in [0.29, 0.717) is 6.42 Å². The molecule has 26 heavy (non-hydrogen) atoms. The molecule has 7 heteroatoms. The van der Waals surface area contributed by atoms with Crippen LogP contribution in [0.1, 0.15) is 29.5 Å². The number of phenolic OH excluding ortho intramolecular Hbond substituents is 2. The molecule has 0 amide bonds. The van der Waals surface area contributed by atoms with Crippen molar-refractivity contribution in [3.05, 3.63) is 59.2 Å². The van der Waals surface area contributed by atoms with Gasteiger partial charge in [-0.05, 0) is 65.8 Å². The van der Waals surface area contributed by atoms with Crippen LogP contribution in [0.2, 0.25) is 0 Å². The number of aryl methyl sites for hydroxylation is 1. The Labute approximate surface area is 146 Å². The average Bonchev–Trinajstić information content (AvgIpc) is 2.73. The van der Waals surface area contributed by atoms with E-state index in [-0.39, 0.29) is 46.6 Å². The normalized spacial score (nSPS) is 15.6. The molecule has 0 saturated heterocycles. The van der Waals surface area contributed by atoms with Crippen LogP contribution >= 0.6 is 0 Å². The summed E-state index contributed by atoms with van der Waals surface area (Å²) in [6.45, 7) is 0. The van der Waals surface area contributed by atoms with Gasteiger partial charge in [0.05, 0.1) is 0 Å². The maximum absolute atomic E-state index is 14.5. The highest BCUT2D eigenvalue weighted by molar-refractivity contribution is 5.95. The van der Waals surface area contributed by atoms with E-state index in [1.807, 2.05) is 0 Å². The molecular formula is C19H15F5O2. The number of fused-ring (bicyclic) bond motifs is 1. The molecule has 0 radical (unpaired) electrons. The summed E-state index contributed by atoms with van der Waals surface area (Å²) in [5.41, 5.74) is -0.981. The van der Waals surface area contributed by atoms with Crippen molar-refractivity contribution in [2.45, 2.75) is 31.4 Å². The van der Waals surface area contributed by atoms with Gasteiger partial charge in [0.25, 0.3) is 0 Å². The largest absolute Gasteiger partial charge is 0.508 e. The van der Waals surface area contributed by atoms with Crippen LogP contribution < -0.4 is 0 Å². The minimum absolute atomic E-state index is 0.0151. The molecule has 3 rings (SSSR count). The van der Waals surface area contributed by atoms with E-state index in [2.05, 4.69) is 0 Å². The molecule has 2 N–H and O–H groups in total. The van der Waals surface area contributed by atoms with Crippen molar-refractivity contribution in [1.29, 1.82) is 0 Å². The molecule has 0 aliphatic heterocycles. The maximum atomic E-state index is 14.5. The lowest BCUT2D eigenvalue weighted by Crippen LogP contribution is -2.38. The lowest BCUT2D eigenvalue weighted by atomic mass is 9.88. The number of allylic oxidation sites excluding steroid dienone is 2. The van der Waals surface area contributed by atoms with Gasteiger partial charge in [-0.2, -0.15) is 22.0 Å². The van der Waals surface area contributed by atoms with E-state index in [4.69, 9.17) is 0 Å². The molecule has 0 unspecified atom stereocenters. The second kappa shape index (κ2) is 6.30. The van der Waals surface area contributed by atoms with Crippen molar-refractivity contribution in [2.75, 3.05) is 0 Å². The fourth-order valence-corrected chi connectivity index (χ4v) is 3.23. The van der Waals surface area contributed by atoms with Crippen molar-refractivity contribution in [3.63, 3.8) is 0 Å². The first-order chi connectivity index (χ1) is 12.1. The van der Waals surface area contributed by atoms with Gasteiger partial charge in [0.1, 0.15) is 11.5 Å². The van der Waals surface area contributed by atoms with E-state index >= 15 is 0 Å². The van der Waals surface area contributed by atoms with E-state index in [1.54, 1.807) is 0 Å². The van der Waals surface area contributed by atoms with Crippen molar-refractivity contribution in [3.8, 4) is 11.5 Å². The fraction of sp³-hybridized carbons (Fsp3) is 0.263. The molecular weight excluding hydrogens is 355 g/mol. The molecule has 0 bridgehead atoms. The van der Waals surface area contributed by atoms with Crippen molar-refractivity contribution in [2.24, 2.45) is 0 Å². The average molecular weight is 370 g/mol. The van der Waals surface area contributed by atoms with Gasteiger partial charge in [-0.3, -0.25) is 0 Å². The maximum Gasteiger partial charge on any atom is 0.458 e. The highest BCUT2D eigenvalue weighted by atomic mass is 19.4. The fourth-order valence-electron chi connectivity index (χ4n) is 3.23. The number of hydrogen-bond donors (Lipinski definition) is 2. The molecule has 138 valence electrons. The summed E-state index contributed by atoms with van der Waals surface area (Å²) in [6.07, 6.45) is -5.13. The van der Waals surface area contributed by atoms with Crippen molar-refractivity contribution < 1.29 is 32.2 Å². The molecule has 0 heterocycles. The molecule has 2 aromatic rings. The van der Waals surface area contributed by atoms with Crippen LogP contribution in [0.25, 0.3) is 11.1 Å². The lowest BCUT2D eigenvalue weighted by Gasteiger charge is -2.26. The van der Waals surface area contributed by atoms with Gasteiger partial charge in [0, 0.05) is 5.57 Å². The number of aromatic hydroxyl groups is 2. The van der Waals surface area contributed by atoms with Gasteiger partial charge in [-0.15, -0.1) is 0 Å². The zero-order valence-electron chi connectivity index (χ0n) is 13.4. The van der Waals surface area contributed by atoms with Crippen LogP contribution in [-0.2, 0) is 6.42 Å². The standard InChI is InChI=1S/C19H15F5O2/c20-18(21,19(22,23)24)17-15(11-4-6-13(25)7-5-11)3-1-2-12-10-14(26)8-9-16(12)17/h4-10,25-26H,1-3H2. The third-order valence-corrected chi connectivity index (χ3v) is 4.42. The van der Waals surface area contributed by atoms with E-state index in [1.165, 1.54) is 30.3 Å². The predicted octanol–water partition coefficient (Wildman–Crippen LogP) is 5.54. The lowest BCUT2D eigenvalue weighted by molar-refractivity contribution is -0.253. The van der Waals surface area contributed by atoms with Crippen molar-refractivity contribution in [1.82, 2.24) is 0 Å². The molecule has 2 aromatic carbocycles. The first-order valence-electron chi connectivity index (χ1n) is 7.91. The molecule has 0 fully saturated rings. The zero-order valence-corrected chi connectivity index (χ0v) is 13.4. The van der Waals surface area contributed by atoms with E-state index < -0.39 is 17.7 Å². The van der Waals surface area contributed by atoms with E-state index in [0.717, 1.165) is 12.1 Å². The molecule has 0 saturated carbocycles. The Morgan fingerprint density at radius 1 is 0.769 bits per heavy atom. The van der Waals surface area contributed by atoms with Gasteiger partial charge >= 0.3 is 12.1 Å². The number of benzene rings is 2. The number of rotatable bonds is 2. The predicted molar refractivity (Wildman–Crippen MR) is 87.0 cm³/mol. The minimum atomic E-state index is -5.76. The Morgan fingerprint density at radius 3 is 2.00 bits per heavy atom. The second-order valence-electron chi connectivity index (χ2n) is 6.17. The zero-order chi connectivity index (χ0) is 19.1. The topological polar surface area (TPSA) is 40.5 Å². The van der Waals surface area contributed by atoms with E-state index in [9.17, 15) is 32.2 Å². The number of alkyl halides is 5. The highest BCUT2D eigenvalue weighted by Crippen LogP contribution is 2.51. The summed E-state index contributed by atoms with van der Waals surface area (Å²) < 4.78 is 68.6. The Bertz CT molecular complexity index is 851. The third kappa shape index (κ3) is 3.13. The molecule has 1 aliphatic rings. The quantitative estimate of drug-likeness (QED) is 0.681. The van der Waals surface area contributed by atoms with Gasteiger partial charge in [-0.1, -0.05) is 18.2 Å². The summed E-state index contributed by atoms with van der Waals surface area (Å²) in [7, 11) is 0. The second-order valence-corrected chi connectivity index (χ2v) is 6.17. The van der Waals surface area contributed by atoms with Crippen LogP contribution in [0, 0.1) is 0 Å². The molecule has 1 aliphatic carbocycles. The Morgan fingerprint density at radius 2 is 1.38 bits per heavy atom. The molecule has 0 aromatic heterocycles. The monoisotopic (exact) mass is 370 g/mol. The summed E-state index contributed by atoms with van der Waals surface area (Å²) in [5.74, 6) is -5.36. The van der Waals surface area contributed by atoms with Crippen molar-refractivity contribution >= 4 is 11.1 Å². The number of halogens is 5. The van der Waals surface area contributed by atoms with Crippen LogP contribution in [0.3, 0.4) is 0 Å². The Balaban J connectivity index is 2.34. The van der Waals surface area contributed by atoms with Gasteiger partial charge in [0.2, 0.25) is 0 Å². The molecule has 0 atom stereocenters. The Kier molecular flexibility index (Phi) is 4.42. The van der Waals surface area contributed by atoms with Gasteiger partial charge in [0.15, 0.2) is 0 Å².